The quantitative estimate of drug-likeness (QED) is 0.809. The number of benzene rings is 1. The normalized spacial score (nSPS) is 29.7. The second-order valence-electron chi connectivity index (χ2n) is 6.31. The Morgan fingerprint density at radius 3 is 2.61 bits per heavy atom. The van der Waals surface area contributed by atoms with Crippen LogP contribution in [-0.2, 0) is 9.47 Å². The van der Waals surface area contributed by atoms with Crippen LogP contribution in [0.5, 0.6) is 0 Å². The maximum absolute atomic E-state index is 5.86. The first-order chi connectivity index (χ1) is 11.1. The predicted octanol–water partition coefficient (Wildman–Crippen LogP) is -0.645. The fourth-order valence-electron chi connectivity index (χ4n) is 3.28. The molecule has 0 amide bonds. The number of hydrogen-bond acceptors (Lipinski definition) is 6. The first-order valence-electron chi connectivity index (χ1n) is 7.77. The third-order valence-corrected chi connectivity index (χ3v) is 4.58. The number of ether oxygens (including phenoxy) is 2. The molecule has 23 heavy (non-hydrogen) atoms. The van der Waals surface area contributed by atoms with Crippen molar-refractivity contribution in [2.45, 2.75) is 24.3 Å². The summed E-state index contributed by atoms with van der Waals surface area (Å²) in [4.78, 5) is 2.06. The fourth-order valence-corrected chi connectivity index (χ4v) is 3.28. The van der Waals surface area contributed by atoms with Gasteiger partial charge in [-0.1, -0.05) is 0 Å². The van der Waals surface area contributed by atoms with E-state index in [1.54, 1.807) is 0 Å². The summed E-state index contributed by atoms with van der Waals surface area (Å²) in [5.41, 5.74) is 6.20. The van der Waals surface area contributed by atoms with E-state index in [1.165, 1.54) is 0 Å². The summed E-state index contributed by atoms with van der Waals surface area (Å²) in [5, 5.41) is 12.2. The smallest absolute Gasteiger partial charge is 0.182 e. The van der Waals surface area contributed by atoms with Crippen molar-refractivity contribution in [1.82, 2.24) is 20.2 Å². The number of nitrogens with zero attached hydrogens (tertiary/aromatic N) is 5. The van der Waals surface area contributed by atoms with Crippen molar-refractivity contribution in [3.05, 3.63) is 24.3 Å². The van der Waals surface area contributed by atoms with E-state index in [1.807, 2.05) is 30.9 Å². The highest BCUT2D eigenvalue weighted by molar-refractivity contribution is 5.60. The molecule has 0 bridgehead atoms. The summed E-state index contributed by atoms with van der Waals surface area (Å²) in [6.45, 7) is 1.18. The second kappa shape index (κ2) is 5.55. The zero-order chi connectivity index (χ0) is 16.0. The van der Waals surface area contributed by atoms with Gasteiger partial charge in [0.2, 0.25) is 0 Å². The van der Waals surface area contributed by atoms with Crippen LogP contribution in [0.1, 0.15) is 6.04 Å². The summed E-state index contributed by atoms with van der Waals surface area (Å²) in [7, 11) is 4.03. The van der Waals surface area contributed by atoms with E-state index < -0.39 is 0 Å². The number of quaternary nitrogens is 1. The largest absolute Gasteiger partial charge is 0.378 e. The monoisotopic (exact) mass is 317 g/mol. The molecule has 0 aliphatic carbocycles. The molecular weight excluding hydrogens is 296 g/mol. The number of anilines is 1. The maximum atomic E-state index is 5.86. The zero-order valence-electron chi connectivity index (χ0n) is 13.3. The minimum Gasteiger partial charge on any atom is -0.378 e. The SMILES string of the molecule is CN(C)c1ccc(-c2nnnn2[C@H]2CO[C@H]3[C@@H]2OC[C@@H]3[NH3+])cc1. The molecule has 8 nitrogen and oxygen atoms in total. The first-order valence-corrected chi connectivity index (χ1v) is 7.77. The lowest BCUT2D eigenvalue weighted by molar-refractivity contribution is -0.430. The van der Waals surface area contributed by atoms with Gasteiger partial charge in [0, 0.05) is 25.3 Å². The zero-order valence-corrected chi connectivity index (χ0v) is 13.3. The highest BCUT2D eigenvalue weighted by Crippen LogP contribution is 2.34. The Balaban J connectivity index is 1.64. The van der Waals surface area contributed by atoms with Crippen LogP contribution in [0, 0.1) is 0 Å². The summed E-state index contributed by atoms with van der Waals surface area (Å²) >= 11 is 0. The Morgan fingerprint density at radius 2 is 1.87 bits per heavy atom. The molecule has 0 unspecified atom stereocenters. The van der Waals surface area contributed by atoms with Crippen LogP contribution in [0.2, 0.25) is 0 Å². The van der Waals surface area contributed by atoms with Crippen molar-refractivity contribution in [2.24, 2.45) is 0 Å². The Morgan fingerprint density at radius 1 is 1.13 bits per heavy atom. The average Bonchev–Trinajstić information content (AvgIpc) is 3.25. The van der Waals surface area contributed by atoms with Gasteiger partial charge in [-0.3, -0.25) is 0 Å². The molecule has 8 heteroatoms. The van der Waals surface area contributed by atoms with Gasteiger partial charge in [-0.05, 0) is 34.7 Å². The Kier molecular flexibility index (Phi) is 3.51. The maximum Gasteiger partial charge on any atom is 0.182 e. The van der Waals surface area contributed by atoms with Crippen LogP contribution in [-0.4, -0.2) is 65.8 Å². The molecule has 2 aromatic rings. The van der Waals surface area contributed by atoms with Crippen LogP contribution in [0.15, 0.2) is 24.3 Å². The van der Waals surface area contributed by atoms with Crippen molar-refractivity contribution in [2.75, 3.05) is 32.2 Å². The minimum absolute atomic E-state index is 0.00900. The molecule has 4 rings (SSSR count). The van der Waals surface area contributed by atoms with Crippen LogP contribution >= 0.6 is 0 Å². The number of hydrogen-bond donors (Lipinski definition) is 1. The van der Waals surface area contributed by atoms with E-state index in [9.17, 15) is 0 Å². The number of rotatable bonds is 3. The summed E-state index contributed by atoms with van der Waals surface area (Å²) in [6.07, 6.45) is 0.00830. The molecule has 3 heterocycles. The molecule has 3 N–H and O–H groups in total. The first kappa shape index (κ1) is 14.6. The minimum atomic E-state index is -0.0270. The van der Waals surface area contributed by atoms with Gasteiger partial charge in [0.15, 0.2) is 5.82 Å². The highest BCUT2D eigenvalue weighted by Gasteiger charge is 2.50. The third-order valence-electron chi connectivity index (χ3n) is 4.58. The highest BCUT2D eigenvalue weighted by atomic mass is 16.6. The van der Waals surface area contributed by atoms with Crippen molar-refractivity contribution in [1.29, 1.82) is 0 Å². The van der Waals surface area contributed by atoms with E-state index in [2.05, 4.69) is 38.3 Å². The van der Waals surface area contributed by atoms with Gasteiger partial charge in [0.05, 0.1) is 6.61 Å². The topological polar surface area (TPSA) is 92.9 Å². The molecule has 0 radical (unpaired) electrons. The van der Waals surface area contributed by atoms with Gasteiger partial charge < -0.3 is 20.1 Å². The Hall–Kier alpha value is -2.03. The lowest BCUT2D eigenvalue weighted by Crippen LogP contribution is -2.66. The Bertz CT molecular complexity index is 686. The van der Waals surface area contributed by atoms with Crippen LogP contribution in [0.3, 0.4) is 0 Å². The lowest BCUT2D eigenvalue weighted by Gasteiger charge is -2.17. The van der Waals surface area contributed by atoms with E-state index in [0.717, 1.165) is 17.1 Å². The molecule has 2 aliphatic heterocycles. The molecule has 0 spiro atoms. The number of tetrazole rings is 1. The summed E-state index contributed by atoms with van der Waals surface area (Å²) in [6, 6.07) is 8.34. The van der Waals surface area contributed by atoms with Crippen molar-refractivity contribution >= 4 is 5.69 Å². The molecule has 2 fully saturated rings. The molecule has 1 aromatic heterocycles. The van der Waals surface area contributed by atoms with E-state index in [0.29, 0.717) is 13.2 Å². The van der Waals surface area contributed by atoms with E-state index >= 15 is 0 Å². The number of aromatic nitrogens is 4. The predicted molar refractivity (Wildman–Crippen MR) is 82.8 cm³/mol. The molecule has 4 atom stereocenters. The fraction of sp³-hybridized carbons (Fsp3) is 0.533. The van der Waals surface area contributed by atoms with Gasteiger partial charge in [-0.15, -0.1) is 5.10 Å². The van der Waals surface area contributed by atoms with Gasteiger partial charge in [-0.25, -0.2) is 4.68 Å². The third kappa shape index (κ3) is 2.39. The van der Waals surface area contributed by atoms with E-state index in [4.69, 9.17) is 9.47 Å². The molecular formula is C15H21N6O2+. The van der Waals surface area contributed by atoms with Crippen LogP contribution in [0.25, 0.3) is 11.4 Å². The summed E-state index contributed by atoms with van der Waals surface area (Å²) < 4.78 is 13.5. The standard InChI is InChI=1S/C15H20N6O2/c1-20(2)10-5-3-9(4-6-10)15-17-18-19-21(15)12-8-23-13-11(16)7-22-14(12)13/h3-6,11-14H,7-8,16H2,1-2H3/p+1/t11-,12-,13+,14+/m0/s1. The van der Waals surface area contributed by atoms with Crippen LogP contribution < -0.4 is 10.6 Å². The molecule has 0 saturated carbocycles. The van der Waals surface area contributed by atoms with Gasteiger partial charge in [-0.2, -0.15) is 0 Å². The summed E-state index contributed by atoms with van der Waals surface area (Å²) in [5.74, 6) is 0.737. The molecule has 2 saturated heterocycles. The van der Waals surface area contributed by atoms with Crippen LogP contribution in [0.4, 0.5) is 5.69 Å². The Labute approximate surface area is 134 Å². The molecule has 1 aromatic carbocycles. The van der Waals surface area contributed by atoms with Crippen molar-refractivity contribution in [3.8, 4) is 11.4 Å². The number of fused-ring (bicyclic) bond motifs is 1. The molecule has 2 aliphatic rings. The van der Waals surface area contributed by atoms with Gasteiger partial charge in [0.1, 0.15) is 30.9 Å². The van der Waals surface area contributed by atoms with Crippen molar-refractivity contribution in [3.63, 3.8) is 0 Å². The van der Waals surface area contributed by atoms with E-state index in [-0.39, 0.29) is 24.3 Å². The molecule has 122 valence electrons. The van der Waals surface area contributed by atoms with Crippen molar-refractivity contribution < 1.29 is 15.2 Å². The average molecular weight is 317 g/mol. The lowest BCUT2D eigenvalue weighted by atomic mass is 10.1. The van der Waals surface area contributed by atoms with Gasteiger partial charge >= 0.3 is 0 Å². The second-order valence-corrected chi connectivity index (χ2v) is 6.31. The van der Waals surface area contributed by atoms with Gasteiger partial charge in [0.25, 0.3) is 0 Å².